The largest absolute Gasteiger partial charge is 0.444 e. The lowest BCUT2D eigenvalue weighted by Crippen LogP contribution is -2.34. The van der Waals surface area contributed by atoms with Crippen LogP contribution in [0.15, 0.2) is 22.7 Å². The highest BCUT2D eigenvalue weighted by Crippen LogP contribution is 2.53. The van der Waals surface area contributed by atoms with Crippen molar-refractivity contribution in [3.8, 4) is 0 Å². The van der Waals surface area contributed by atoms with Gasteiger partial charge in [-0.25, -0.2) is 4.79 Å². The molecule has 0 atom stereocenters. The van der Waals surface area contributed by atoms with Crippen molar-refractivity contribution in [3.05, 3.63) is 33.3 Å². The van der Waals surface area contributed by atoms with Crippen molar-refractivity contribution in [1.82, 2.24) is 5.32 Å². The van der Waals surface area contributed by atoms with E-state index in [-0.39, 0.29) is 11.5 Å². The minimum atomic E-state index is -0.462. The number of alkyl carbamates (subject to hydrolysis) is 1. The van der Waals surface area contributed by atoms with Gasteiger partial charge in [-0.1, -0.05) is 33.6 Å². The summed E-state index contributed by atoms with van der Waals surface area (Å²) in [5.41, 5.74) is 0.835. The van der Waals surface area contributed by atoms with Gasteiger partial charge in [-0.3, -0.25) is 0 Å². The number of benzene rings is 1. The van der Waals surface area contributed by atoms with Crippen molar-refractivity contribution in [2.45, 2.75) is 51.0 Å². The van der Waals surface area contributed by atoms with E-state index in [2.05, 4.69) is 27.3 Å². The molecule has 0 unspecified atom stereocenters. The first-order chi connectivity index (χ1) is 9.72. The Morgan fingerprint density at radius 2 is 2.10 bits per heavy atom. The highest BCUT2D eigenvalue weighted by Gasteiger charge is 2.44. The second-order valence-corrected chi connectivity index (χ2v) is 7.91. The molecule has 1 saturated carbocycles. The zero-order valence-electron chi connectivity index (χ0n) is 12.6. The number of halogens is 2. The first-order valence-corrected chi connectivity index (χ1v) is 8.31. The quantitative estimate of drug-likeness (QED) is 0.801. The molecule has 21 heavy (non-hydrogen) atoms. The lowest BCUT2D eigenvalue weighted by Gasteiger charge is -2.21. The van der Waals surface area contributed by atoms with Gasteiger partial charge in [0.1, 0.15) is 5.60 Å². The first-order valence-electron chi connectivity index (χ1n) is 7.14. The highest BCUT2D eigenvalue weighted by atomic mass is 79.9. The lowest BCUT2D eigenvalue weighted by atomic mass is 9.92. The Bertz CT molecular complexity index is 536. The Labute approximate surface area is 139 Å². The molecule has 0 aromatic heterocycles. The summed E-state index contributed by atoms with van der Waals surface area (Å²) in [7, 11) is 0. The van der Waals surface area contributed by atoms with Gasteiger partial charge in [-0.05, 0) is 63.1 Å². The van der Waals surface area contributed by atoms with Gasteiger partial charge in [0.05, 0.1) is 0 Å². The standard InChI is InChI=1S/C16H21BrClNO2/c1-15(2,3)21-14(20)19-9-8-16(6-7-16)12-5-4-11(17)10-13(12)18/h4-5,10H,6-9H2,1-3H3,(H,19,20). The summed E-state index contributed by atoms with van der Waals surface area (Å²) in [6.45, 7) is 6.17. The predicted molar refractivity (Wildman–Crippen MR) is 88.9 cm³/mol. The maximum atomic E-state index is 11.6. The third-order valence-electron chi connectivity index (χ3n) is 3.63. The minimum absolute atomic E-state index is 0.118. The summed E-state index contributed by atoms with van der Waals surface area (Å²) in [5.74, 6) is 0. The fourth-order valence-electron chi connectivity index (χ4n) is 2.44. The molecule has 0 heterocycles. The monoisotopic (exact) mass is 373 g/mol. The molecule has 1 fully saturated rings. The maximum absolute atomic E-state index is 11.6. The van der Waals surface area contributed by atoms with Gasteiger partial charge in [0.2, 0.25) is 0 Å². The molecule has 1 N–H and O–H groups in total. The second kappa shape index (κ2) is 6.17. The molecule has 0 radical (unpaired) electrons. The van der Waals surface area contributed by atoms with Crippen molar-refractivity contribution in [2.75, 3.05) is 6.54 Å². The topological polar surface area (TPSA) is 38.3 Å². The molecular formula is C16H21BrClNO2. The Morgan fingerprint density at radius 3 is 2.62 bits per heavy atom. The molecule has 0 spiro atoms. The molecule has 1 amide bonds. The molecule has 1 aromatic carbocycles. The molecule has 1 aliphatic carbocycles. The summed E-state index contributed by atoms with van der Waals surface area (Å²) < 4.78 is 6.22. The van der Waals surface area contributed by atoms with E-state index >= 15 is 0 Å². The van der Waals surface area contributed by atoms with Crippen LogP contribution in [0.4, 0.5) is 4.79 Å². The molecule has 1 aliphatic rings. The Hall–Kier alpha value is -0.740. The molecule has 116 valence electrons. The number of amides is 1. The lowest BCUT2D eigenvalue weighted by molar-refractivity contribution is 0.0526. The summed E-state index contributed by atoms with van der Waals surface area (Å²) in [5, 5.41) is 3.61. The van der Waals surface area contributed by atoms with Crippen LogP contribution in [0.25, 0.3) is 0 Å². The molecule has 1 aromatic rings. The number of rotatable bonds is 4. The number of hydrogen-bond acceptors (Lipinski definition) is 2. The highest BCUT2D eigenvalue weighted by molar-refractivity contribution is 9.10. The zero-order chi connectivity index (χ0) is 15.7. The van der Waals surface area contributed by atoms with Crippen LogP contribution in [0.3, 0.4) is 0 Å². The van der Waals surface area contributed by atoms with Crippen LogP contribution in [-0.2, 0) is 10.2 Å². The fraction of sp³-hybridized carbons (Fsp3) is 0.562. The number of hydrogen-bond donors (Lipinski definition) is 1. The summed E-state index contributed by atoms with van der Waals surface area (Å²) in [4.78, 5) is 11.6. The van der Waals surface area contributed by atoms with E-state index in [1.54, 1.807) is 0 Å². The van der Waals surface area contributed by atoms with E-state index in [4.69, 9.17) is 16.3 Å². The van der Waals surface area contributed by atoms with E-state index in [9.17, 15) is 4.79 Å². The summed E-state index contributed by atoms with van der Waals surface area (Å²) >= 11 is 9.77. The molecule has 0 saturated heterocycles. The number of carbonyl (C=O) groups excluding carboxylic acids is 1. The smallest absolute Gasteiger partial charge is 0.407 e. The van der Waals surface area contributed by atoms with Crippen LogP contribution in [0, 0.1) is 0 Å². The van der Waals surface area contributed by atoms with Gasteiger partial charge >= 0.3 is 6.09 Å². The van der Waals surface area contributed by atoms with Crippen molar-refractivity contribution in [3.63, 3.8) is 0 Å². The number of nitrogens with one attached hydrogen (secondary N) is 1. The number of ether oxygens (including phenoxy) is 1. The molecule has 5 heteroatoms. The van der Waals surface area contributed by atoms with E-state index in [0.717, 1.165) is 28.8 Å². The zero-order valence-corrected chi connectivity index (χ0v) is 15.0. The normalized spacial score (nSPS) is 16.4. The Kier molecular flexibility index (Phi) is 4.89. The average Bonchev–Trinajstić information content (AvgIpc) is 3.07. The first kappa shape index (κ1) is 16.6. The Balaban J connectivity index is 1.90. The van der Waals surface area contributed by atoms with Gasteiger partial charge in [-0.2, -0.15) is 0 Å². The van der Waals surface area contributed by atoms with Gasteiger partial charge < -0.3 is 10.1 Å². The third-order valence-corrected chi connectivity index (χ3v) is 4.43. The third kappa shape index (κ3) is 4.62. The van der Waals surface area contributed by atoms with Gasteiger partial charge in [0.15, 0.2) is 0 Å². The van der Waals surface area contributed by atoms with Gasteiger partial charge in [-0.15, -0.1) is 0 Å². The molecule has 0 bridgehead atoms. The summed E-state index contributed by atoms with van der Waals surface area (Å²) in [6.07, 6.45) is 2.75. The molecule has 3 nitrogen and oxygen atoms in total. The van der Waals surface area contributed by atoms with Crippen molar-refractivity contribution < 1.29 is 9.53 Å². The van der Waals surface area contributed by atoms with Crippen molar-refractivity contribution in [1.29, 1.82) is 0 Å². The molecule has 2 rings (SSSR count). The number of carbonyl (C=O) groups is 1. The van der Waals surface area contributed by atoms with E-state index in [0.29, 0.717) is 6.54 Å². The summed E-state index contributed by atoms with van der Waals surface area (Å²) in [6, 6.07) is 6.02. The minimum Gasteiger partial charge on any atom is -0.444 e. The molecular weight excluding hydrogens is 354 g/mol. The van der Waals surface area contributed by atoms with Gasteiger partial charge in [0.25, 0.3) is 0 Å². The van der Waals surface area contributed by atoms with E-state index in [1.807, 2.05) is 32.9 Å². The van der Waals surface area contributed by atoms with Crippen LogP contribution in [0.2, 0.25) is 5.02 Å². The fourth-order valence-corrected chi connectivity index (χ4v) is 3.32. The van der Waals surface area contributed by atoms with Crippen LogP contribution in [-0.4, -0.2) is 18.2 Å². The van der Waals surface area contributed by atoms with E-state index in [1.165, 1.54) is 5.56 Å². The van der Waals surface area contributed by atoms with Crippen LogP contribution >= 0.6 is 27.5 Å². The predicted octanol–water partition coefficient (Wildman–Crippen LogP) is 5.05. The Morgan fingerprint density at radius 1 is 1.43 bits per heavy atom. The van der Waals surface area contributed by atoms with Crippen molar-refractivity contribution in [2.24, 2.45) is 0 Å². The van der Waals surface area contributed by atoms with Crippen molar-refractivity contribution >= 4 is 33.6 Å². The maximum Gasteiger partial charge on any atom is 0.407 e. The van der Waals surface area contributed by atoms with Crippen LogP contribution < -0.4 is 5.32 Å². The van der Waals surface area contributed by atoms with Crippen LogP contribution in [0.1, 0.15) is 45.6 Å². The van der Waals surface area contributed by atoms with Crippen LogP contribution in [0.5, 0.6) is 0 Å². The average molecular weight is 375 g/mol. The SMILES string of the molecule is CC(C)(C)OC(=O)NCCC1(c2ccc(Br)cc2Cl)CC1. The van der Waals surface area contributed by atoms with Gasteiger partial charge in [0, 0.05) is 16.0 Å². The molecule has 0 aliphatic heterocycles. The second-order valence-electron chi connectivity index (χ2n) is 6.58. The van der Waals surface area contributed by atoms with E-state index < -0.39 is 5.60 Å².